The third kappa shape index (κ3) is 4.94. The maximum Gasteiger partial charge on any atom is 0.237 e. The lowest BCUT2D eigenvalue weighted by molar-refractivity contribution is -0.123. The van der Waals surface area contributed by atoms with Crippen LogP contribution in [0, 0.1) is 17.8 Å². The first-order valence-electron chi connectivity index (χ1n) is 7.15. The number of hydrogen-bond acceptors (Lipinski definition) is 3. The average molecular weight is 255 g/mol. The lowest BCUT2D eigenvalue weighted by atomic mass is 10.0. The van der Waals surface area contributed by atoms with Crippen molar-refractivity contribution in [3.8, 4) is 0 Å². The van der Waals surface area contributed by atoms with Gasteiger partial charge in [0.2, 0.25) is 5.91 Å². The molecule has 1 unspecified atom stereocenters. The number of carbonyl (C=O) groups is 1. The predicted molar refractivity (Wildman–Crippen MR) is 75.2 cm³/mol. The van der Waals surface area contributed by atoms with E-state index in [1.54, 1.807) is 0 Å². The zero-order chi connectivity index (χ0) is 13.7. The summed E-state index contributed by atoms with van der Waals surface area (Å²) in [6.07, 6.45) is 1.18. The summed E-state index contributed by atoms with van der Waals surface area (Å²) in [5, 5.41) is 2.99. The van der Waals surface area contributed by atoms with Crippen LogP contribution in [-0.4, -0.2) is 43.0 Å². The van der Waals surface area contributed by atoms with Gasteiger partial charge in [0, 0.05) is 19.6 Å². The summed E-state index contributed by atoms with van der Waals surface area (Å²) in [5.74, 6) is 1.50. The Labute approximate surface area is 111 Å². The zero-order valence-corrected chi connectivity index (χ0v) is 12.3. The van der Waals surface area contributed by atoms with Crippen LogP contribution in [0.25, 0.3) is 0 Å². The van der Waals surface area contributed by atoms with Gasteiger partial charge in [-0.3, -0.25) is 4.79 Å². The van der Waals surface area contributed by atoms with Crippen molar-refractivity contribution in [3.63, 3.8) is 0 Å². The number of carbonyl (C=O) groups excluding carboxylic acids is 1. The molecule has 1 fully saturated rings. The van der Waals surface area contributed by atoms with Crippen LogP contribution in [0.15, 0.2) is 0 Å². The molecule has 1 heterocycles. The molecule has 1 amide bonds. The Kier molecular flexibility index (Phi) is 6.09. The molecule has 1 saturated heterocycles. The maximum absolute atomic E-state index is 11.8. The van der Waals surface area contributed by atoms with Crippen LogP contribution in [0.1, 0.15) is 34.1 Å². The Morgan fingerprint density at radius 3 is 2.61 bits per heavy atom. The topological polar surface area (TPSA) is 58.4 Å². The van der Waals surface area contributed by atoms with Gasteiger partial charge in [-0.15, -0.1) is 0 Å². The molecule has 0 aromatic carbocycles. The standard InChI is InChI=1S/C14H29N3O/c1-10(2)8-17-6-5-12(9-17)7-16-14(18)13(15)11(3)4/h10-13H,5-9,15H2,1-4H3,(H,16,18)/t12?,13-/m0/s1. The number of nitrogens with two attached hydrogens (primary N) is 1. The molecular weight excluding hydrogens is 226 g/mol. The van der Waals surface area contributed by atoms with Crippen molar-refractivity contribution in [2.45, 2.75) is 40.2 Å². The quantitative estimate of drug-likeness (QED) is 0.746. The molecule has 0 saturated carbocycles. The molecule has 1 aliphatic heterocycles. The molecule has 0 aromatic rings. The normalized spacial score (nSPS) is 22.7. The highest BCUT2D eigenvalue weighted by Gasteiger charge is 2.24. The molecule has 0 spiro atoms. The molecule has 0 bridgehead atoms. The van der Waals surface area contributed by atoms with Gasteiger partial charge in [-0.25, -0.2) is 0 Å². The van der Waals surface area contributed by atoms with E-state index in [1.807, 2.05) is 13.8 Å². The summed E-state index contributed by atoms with van der Waals surface area (Å²) in [6.45, 7) is 12.6. The molecule has 18 heavy (non-hydrogen) atoms. The largest absolute Gasteiger partial charge is 0.354 e. The van der Waals surface area contributed by atoms with E-state index in [1.165, 1.54) is 6.42 Å². The number of rotatable bonds is 6. The summed E-state index contributed by atoms with van der Waals surface area (Å²) in [5.41, 5.74) is 5.82. The molecule has 4 nitrogen and oxygen atoms in total. The second-order valence-corrected chi connectivity index (χ2v) is 6.32. The van der Waals surface area contributed by atoms with Crippen molar-refractivity contribution in [3.05, 3.63) is 0 Å². The zero-order valence-electron chi connectivity index (χ0n) is 12.3. The van der Waals surface area contributed by atoms with E-state index >= 15 is 0 Å². The lowest BCUT2D eigenvalue weighted by Gasteiger charge is -2.19. The van der Waals surface area contributed by atoms with Gasteiger partial charge in [-0.05, 0) is 30.7 Å². The van der Waals surface area contributed by atoms with E-state index in [4.69, 9.17) is 5.73 Å². The number of likely N-dealkylation sites (tertiary alicyclic amines) is 1. The minimum absolute atomic E-state index is 0.00712. The Morgan fingerprint density at radius 1 is 1.39 bits per heavy atom. The van der Waals surface area contributed by atoms with Gasteiger partial charge in [-0.2, -0.15) is 0 Å². The number of hydrogen-bond donors (Lipinski definition) is 2. The first kappa shape index (κ1) is 15.4. The maximum atomic E-state index is 11.8. The SMILES string of the molecule is CC(C)CN1CCC(CNC(=O)[C@@H](N)C(C)C)C1. The van der Waals surface area contributed by atoms with E-state index in [9.17, 15) is 4.79 Å². The minimum Gasteiger partial charge on any atom is -0.354 e. The molecule has 0 aromatic heterocycles. The average Bonchev–Trinajstić information content (AvgIpc) is 2.71. The number of nitrogens with one attached hydrogen (secondary N) is 1. The summed E-state index contributed by atoms with van der Waals surface area (Å²) < 4.78 is 0. The van der Waals surface area contributed by atoms with Gasteiger partial charge in [0.05, 0.1) is 6.04 Å². The van der Waals surface area contributed by atoms with Crippen molar-refractivity contribution < 1.29 is 4.79 Å². The van der Waals surface area contributed by atoms with E-state index in [0.29, 0.717) is 11.8 Å². The van der Waals surface area contributed by atoms with Crippen LogP contribution >= 0.6 is 0 Å². The Morgan fingerprint density at radius 2 is 2.06 bits per heavy atom. The van der Waals surface area contributed by atoms with Gasteiger partial charge in [0.15, 0.2) is 0 Å². The summed E-state index contributed by atoms with van der Waals surface area (Å²) >= 11 is 0. The predicted octanol–water partition coefficient (Wildman–Crippen LogP) is 1.06. The van der Waals surface area contributed by atoms with Crippen LogP contribution in [0.5, 0.6) is 0 Å². The number of amides is 1. The molecular formula is C14H29N3O. The molecule has 0 aliphatic carbocycles. The molecule has 1 aliphatic rings. The molecule has 106 valence electrons. The van der Waals surface area contributed by atoms with E-state index in [-0.39, 0.29) is 17.9 Å². The second-order valence-electron chi connectivity index (χ2n) is 6.32. The highest BCUT2D eigenvalue weighted by atomic mass is 16.2. The van der Waals surface area contributed by atoms with E-state index in [0.717, 1.165) is 26.2 Å². The van der Waals surface area contributed by atoms with Gasteiger partial charge in [0.25, 0.3) is 0 Å². The van der Waals surface area contributed by atoms with E-state index in [2.05, 4.69) is 24.1 Å². The fraction of sp³-hybridized carbons (Fsp3) is 0.929. The van der Waals surface area contributed by atoms with E-state index < -0.39 is 0 Å². The first-order chi connectivity index (χ1) is 8.40. The van der Waals surface area contributed by atoms with Crippen LogP contribution in [0.4, 0.5) is 0 Å². The van der Waals surface area contributed by atoms with Gasteiger partial charge in [0.1, 0.15) is 0 Å². The highest BCUT2D eigenvalue weighted by Crippen LogP contribution is 2.16. The fourth-order valence-electron chi connectivity index (χ4n) is 2.43. The smallest absolute Gasteiger partial charge is 0.237 e. The second kappa shape index (κ2) is 7.10. The molecule has 1 rings (SSSR count). The minimum atomic E-state index is -0.377. The Bertz CT molecular complexity index is 266. The summed E-state index contributed by atoms with van der Waals surface area (Å²) in [7, 11) is 0. The van der Waals surface area contributed by atoms with Crippen LogP contribution in [0.3, 0.4) is 0 Å². The van der Waals surface area contributed by atoms with Crippen molar-refractivity contribution in [1.29, 1.82) is 0 Å². The van der Waals surface area contributed by atoms with Crippen LogP contribution < -0.4 is 11.1 Å². The third-order valence-electron chi connectivity index (χ3n) is 3.58. The monoisotopic (exact) mass is 255 g/mol. The van der Waals surface area contributed by atoms with Crippen molar-refractivity contribution >= 4 is 5.91 Å². The van der Waals surface area contributed by atoms with Crippen molar-refractivity contribution in [2.24, 2.45) is 23.5 Å². The van der Waals surface area contributed by atoms with Gasteiger partial charge < -0.3 is 16.0 Å². The summed E-state index contributed by atoms with van der Waals surface area (Å²) in [6, 6.07) is -0.377. The highest BCUT2D eigenvalue weighted by molar-refractivity contribution is 5.81. The Hall–Kier alpha value is -0.610. The van der Waals surface area contributed by atoms with Gasteiger partial charge in [-0.1, -0.05) is 27.7 Å². The van der Waals surface area contributed by atoms with Crippen LogP contribution in [0.2, 0.25) is 0 Å². The summed E-state index contributed by atoms with van der Waals surface area (Å²) in [4.78, 5) is 14.2. The first-order valence-corrected chi connectivity index (χ1v) is 7.15. The molecule has 3 N–H and O–H groups in total. The molecule has 2 atom stereocenters. The third-order valence-corrected chi connectivity index (χ3v) is 3.58. The fourth-order valence-corrected chi connectivity index (χ4v) is 2.43. The Balaban J connectivity index is 2.23. The van der Waals surface area contributed by atoms with Crippen LogP contribution in [-0.2, 0) is 4.79 Å². The molecule has 4 heteroatoms. The number of nitrogens with zero attached hydrogens (tertiary/aromatic N) is 1. The van der Waals surface area contributed by atoms with Gasteiger partial charge >= 0.3 is 0 Å². The lowest BCUT2D eigenvalue weighted by Crippen LogP contribution is -2.45. The van der Waals surface area contributed by atoms with Crippen molar-refractivity contribution in [2.75, 3.05) is 26.2 Å². The molecule has 0 radical (unpaired) electrons. The van der Waals surface area contributed by atoms with Crippen molar-refractivity contribution in [1.82, 2.24) is 10.2 Å².